The Morgan fingerprint density at radius 1 is 1.15 bits per heavy atom. The maximum absolute atomic E-state index is 15.0. The van der Waals surface area contributed by atoms with Gasteiger partial charge >= 0.3 is 5.97 Å². The van der Waals surface area contributed by atoms with Crippen molar-refractivity contribution in [2.75, 3.05) is 33.4 Å². The number of nitrogens with zero attached hydrogens (tertiary/aromatic N) is 1. The number of alkyl halides is 3. The van der Waals surface area contributed by atoms with E-state index in [0.29, 0.717) is 31.6 Å². The molecule has 1 aliphatic heterocycles. The summed E-state index contributed by atoms with van der Waals surface area (Å²) in [6.07, 6.45) is 2.94. The maximum atomic E-state index is 15.0. The number of allylic oxidation sites excluding steroid dienone is 1. The molecule has 176 valence electrons. The minimum absolute atomic E-state index is 0.00741. The van der Waals surface area contributed by atoms with E-state index in [0.717, 1.165) is 46.0 Å². The number of fused-ring (bicyclic) bond motifs is 1. The van der Waals surface area contributed by atoms with Gasteiger partial charge in [-0.25, -0.2) is 13.6 Å². The molecule has 33 heavy (non-hydrogen) atoms. The molecule has 0 unspecified atom stereocenters. The smallest absolute Gasteiger partial charge is 0.337 e. The number of carbonyl (C=O) groups is 1. The van der Waals surface area contributed by atoms with Gasteiger partial charge in [0.05, 0.1) is 25.3 Å². The van der Waals surface area contributed by atoms with Crippen LogP contribution in [0.1, 0.15) is 51.9 Å². The van der Waals surface area contributed by atoms with E-state index in [2.05, 4.69) is 15.9 Å². The summed E-state index contributed by atoms with van der Waals surface area (Å²) in [5.74, 6) is -4.05. The number of methoxy groups -OCH3 is 1. The first-order valence-electron chi connectivity index (χ1n) is 11.2. The second kappa shape index (κ2) is 10.0. The van der Waals surface area contributed by atoms with Crippen LogP contribution in [0.15, 0.2) is 46.9 Å². The quantitative estimate of drug-likeness (QED) is 0.397. The van der Waals surface area contributed by atoms with Crippen molar-refractivity contribution in [2.24, 2.45) is 5.92 Å². The van der Waals surface area contributed by atoms with E-state index in [1.165, 1.54) is 19.2 Å². The van der Waals surface area contributed by atoms with E-state index in [1.54, 1.807) is 18.2 Å². The Bertz CT molecular complexity index is 1050. The van der Waals surface area contributed by atoms with E-state index in [4.69, 9.17) is 4.74 Å². The number of benzene rings is 2. The molecule has 4 rings (SSSR count). The van der Waals surface area contributed by atoms with Crippen molar-refractivity contribution in [2.45, 2.75) is 31.6 Å². The van der Waals surface area contributed by atoms with Crippen LogP contribution in [0.2, 0.25) is 0 Å². The van der Waals surface area contributed by atoms with Gasteiger partial charge in [0.1, 0.15) is 0 Å². The summed E-state index contributed by atoms with van der Waals surface area (Å²) < 4.78 is 48.3. The Labute approximate surface area is 200 Å². The highest BCUT2D eigenvalue weighted by molar-refractivity contribution is 9.11. The number of hydrogen-bond acceptors (Lipinski definition) is 3. The van der Waals surface area contributed by atoms with Crippen LogP contribution in [0.5, 0.6) is 0 Å². The van der Waals surface area contributed by atoms with Crippen molar-refractivity contribution >= 4 is 27.5 Å². The summed E-state index contributed by atoms with van der Waals surface area (Å²) >= 11 is 3.71. The number of halogens is 4. The van der Waals surface area contributed by atoms with Gasteiger partial charge in [-0.2, -0.15) is 0 Å². The molecule has 1 heterocycles. The van der Waals surface area contributed by atoms with Crippen LogP contribution in [-0.4, -0.2) is 44.3 Å². The molecule has 0 bridgehead atoms. The molecule has 0 amide bonds. The van der Waals surface area contributed by atoms with Gasteiger partial charge in [-0.15, -0.1) is 0 Å². The normalized spacial score (nSPS) is 17.4. The highest BCUT2D eigenvalue weighted by Crippen LogP contribution is 2.43. The molecule has 1 fully saturated rings. The third-order valence-corrected chi connectivity index (χ3v) is 7.34. The first-order valence-corrected chi connectivity index (χ1v) is 12.0. The van der Waals surface area contributed by atoms with Gasteiger partial charge in [0.2, 0.25) is 0 Å². The fourth-order valence-electron chi connectivity index (χ4n) is 4.67. The summed E-state index contributed by atoms with van der Waals surface area (Å²) in [6.45, 7) is 0.696. The molecule has 3 nitrogen and oxygen atoms in total. The molecule has 1 aliphatic carbocycles. The molecule has 7 heteroatoms. The van der Waals surface area contributed by atoms with Crippen molar-refractivity contribution in [1.82, 2.24) is 4.90 Å². The average molecular weight is 522 g/mol. The van der Waals surface area contributed by atoms with E-state index in [1.807, 2.05) is 17.0 Å². The molecular weight excluding hydrogens is 495 g/mol. The molecule has 0 saturated carbocycles. The van der Waals surface area contributed by atoms with E-state index in [9.17, 15) is 9.18 Å². The Morgan fingerprint density at radius 3 is 2.55 bits per heavy atom. The lowest BCUT2D eigenvalue weighted by Crippen LogP contribution is -2.53. The van der Waals surface area contributed by atoms with Gasteiger partial charge in [0, 0.05) is 29.7 Å². The zero-order chi connectivity index (χ0) is 23.6. The van der Waals surface area contributed by atoms with Crippen molar-refractivity contribution in [3.05, 3.63) is 74.8 Å². The molecule has 1 saturated heterocycles. The van der Waals surface area contributed by atoms with Crippen LogP contribution in [0.25, 0.3) is 5.57 Å². The molecule has 0 atom stereocenters. The van der Waals surface area contributed by atoms with Crippen molar-refractivity contribution in [1.29, 1.82) is 0 Å². The van der Waals surface area contributed by atoms with Crippen LogP contribution in [0, 0.1) is 5.92 Å². The van der Waals surface area contributed by atoms with Gasteiger partial charge in [-0.1, -0.05) is 46.3 Å². The number of rotatable bonds is 7. The van der Waals surface area contributed by atoms with Gasteiger partial charge in [0.25, 0.3) is 5.92 Å². The van der Waals surface area contributed by atoms with Gasteiger partial charge in [0.15, 0.2) is 0 Å². The maximum Gasteiger partial charge on any atom is 0.337 e. The number of carbonyl (C=O) groups excluding carboxylic acids is 1. The zero-order valence-electron chi connectivity index (χ0n) is 18.6. The first kappa shape index (κ1) is 24.0. The van der Waals surface area contributed by atoms with Crippen LogP contribution in [-0.2, 0) is 17.1 Å². The predicted octanol–water partition coefficient (Wildman–Crippen LogP) is 6.35. The fourth-order valence-corrected chi connectivity index (χ4v) is 5.39. The topological polar surface area (TPSA) is 29.5 Å². The molecule has 0 radical (unpaired) electrons. The highest BCUT2D eigenvalue weighted by Gasteiger charge is 2.47. The SMILES string of the molecule is COC(=O)c1ccc2c(c1)CCCC(Br)=C2c1ccc(C(F)(F)C2CN(CCCF)C2)cc1. The summed E-state index contributed by atoms with van der Waals surface area (Å²) in [4.78, 5) is 13.8. The fraction of sp³-hybridized carbons (Fsp3) is 0.423. The van der Waals surface area contributed by atoms with Crippen LogP contribution >= 0.6 is 15.9 Å². The summed E-state index contributed by atoms with van der Waals surface area (Å²) in [7, 11) is 1.36. The average Bonchev–Trinajstić information content (AvgIpc) is 2.95. The minimum Gasteiger partial charge on any atom is -0.465 e. The summed E-state index contributed by atoms with van der Waals surface area (Å²) in [5.41, 5.74) is 4.37. The lowest BCUT2D eigenvalue weighted by Gasteiger charge is -2.43. The highest BCUT2D eigenvalue weighted by atomic mass is 79.9. The van der Waals surface area contributed by atoms with E-state index in [-0.39, 0.29) is 11.5 Å². The summed E-state index contributed by atoms with van der Waals surface area (Å²) in [5, 5.41) is 0. The first-order chi connectivity index (χ1) is 15.8. The van der Waals surface area contributed by atoms with E-state index >= 15 is 8.78 Å². The van der Waals surface area contributed by atoms with Gasteiger partial charge < -0.3 is 9.64 Å². The van der Waals surface area contributed by atoms with Crippen molar-refractivity contribution < 1.29 is 22.7 Å². The molecule has 0 spiro atoms. The van der Waals surface area contributed by atoms with E-state index < -0.39 is 18.5 Å². The monoisotopic (exact) mass is 521 g/mol. The number of esters is 1. The second-order valence-electron chi connectivity index (χ2n) is 8.70. The molecular formula is C26H27BrF3NO2. The standard InChI is InChI=1S/C26H27BrF3NO2/c1-33-25(32)19-8-11-22-18(14-19)4-2-5-23(27)24(22)17-6-9-20(10-7-17)26(29,30)21-15-31(16-21)13-3-12-28/h6-11,14,21H,2-5,12-13,15-16H2,1H3. The Kier molecular flexibility index (Phi) is 7.29. The molecule has 2 aromatic rings. The van der Waals surface area contributed by atoms with Gasteiger partial charge in [-0.3, -0.25) is 4.39 Å². The zero-order valence-corrected chi connectivity index (χ0v) is 20.1. The van der Waals surface area contributed by atoms with Crippen molar-refractivity contribution in [3.8, 4) is 0 Å². The number of hydrogen-bond donors (Lipinski definition) is 0. The van der Waals surface area contributed by atoms with Crippen LogP contribution < -0.4 is 0 Å². The third-order valence-electron chi connectivity index (χ3n) is 6.55. The molecule has 2 aliphatic rings. The largest absolute Gasteiger partial charge is 0.465 e. The lowest BCUT2D eigenvalue weighted by molar-refractivity contribution is -0.124. The third kappa shape index (κ3) is 4.90. The van der Waals surface area contributed by atoms with Crippen LogP contribution in [0.3, 0.4) is 0 Å². The second-order valence-corrected chi connectivity index (χ2v) is 9.65. The molecule has 0 N–H and O–H groups in total. The lowest BCUT2D eigenvalue weighted by atomic mass is 9.86. The molecule has 2 aromatic carbocycles. The Morgan fingerprint density at radius 2 is 1.88 bits per heavy atom. The number of likely N-dealkylation sites (tertiary alicyclic amines) is 1. The van der Waals surface area contributed by atoms with Gasteiger partial charge in [-0.05, 0) is 60.1 Å². The van der Waals surface area contributed by atoms with Crippen LogP contribution in [0.4, 0.5) is 13.2 Å². The number of aryl methyl sites for hydroxylation is 1. The number of ether oxygens (including phenoxy) is 1. The summed E-state index contributed by atoms with van der Waals surface area (Å²) in [6, 6.07) is 12.0. The predicted molar refractivity (Wildman–Crippen MR) is 127 cm³/mol. The Balaban J connectivity index is 1.58. The molecule has 0 aromatic heterocycles. The Hall–Kier alpha value is -2.12. The van der Waals surface area contributed by atoms with Crippen molar-refractivity contribution in [3.63, 3.8) is 0 Å². The minimum atomic E-state index is -2.92.